The van der Waals surface area contributed by atoms with E-state index in [1.54, 1.807) is 7.05 Å². The third-order valence-electron chi connectivity index (χ3n) is 4.69. The predicted octanol–water partition coefficient (Wildman–Crippen LogP) is 2.18. The molecular formula is C18H23N3O3. The van der Waals surface area contributed by atoms with E-state index in [0.717, 1.165) is 24.9 Å². The zero-order chi connectivity index (χ0) is 17.1. The van der Waals surface area contributed by atoms with Gasteiger partial charge in [0.1, 0.15) is 6.54 Å². The first-order valence-corrected chi connectivity index (χ1v) is 8.52. The van der Waals surface area contributed by atoms with E-state index in [0.29, 0.717) is 19.4 Å². The first kappa shape index (κ1) is 16.5. The largest absolute Gasteiger partial charge is 0.326 e. The summed E-state index contributed by atoms with van der Waals surface area (Å²) in [7, 11) is 1.60. The number of likely N-dealkylation sites (N-methyl/N-ethyl adjacent to an activating group) is 1. The van der Waals surface area contributed by atoms with Gasteiger partial charge in [-0.15, -0.1) is 0 Å². The van der Waals surface area contributed by atoms with Gasteiger partial charge < -0.3 is 10.2 Å². The zero-order valence-electron chi connectivity index (χ0n) is 14.0. The Kier molecular flexibility index (Phi) is 4.83. The number of benzene rings is 1. The number of rotatable bonds is 5. The number of carbonyl (C=O) groups excluding carboxylic acids is 3. The molecule has 0 radical (unpaired) electrons. The van der Waals surface area contributed by atoms with Crippen molar-refractivity contribution in [3.8, 4) is 0 Å². The molecule has 6 nitrogen and oxygen atoms in total. The second-order valence-corrected chi connectivity index (χ2v) is 6.49. The summed E-state index contributed by atoms with van der Waals surface area (Å²) in [5.74, 6) is -0.263. The van der Waals surface area contributed by atoms with E-state index in [1.165, 1.54) is 27.3 Å². The lowest BCUT2D eigenvalue weighted by Gasteiger charge is -2.19. The van der Waals surface area contributed by atoms with Crippen molar-refractivity contribution in [1.82, 2.24) is 9.80 Å². The number of nitrogens with zero attached hydrogens (tertiary/aromatic N) is 2. The lowest BCUT2D eigenvalue weighted by molar-refractivity contribution is -0.125. The SMILES string of the molecule is CN1CC(=O)N(CCCC(=O)Nc2cccc3c2CCCC3)C1=O. The quantitative estimate of drug-likeness (QED) is 0.842. The molecule has 0 aromatic heterocycles. The Morgan fingerprint density at radius 1 is 1.21 bits per heavy atom. The fraction of sp³-hybridized carbons (Fsp3) is 0.500. The lowest BCUT2D eigenvalue weighted by Crippen LogP contribution is -2.33. The molecule has 0 bridgehead atoms. The number of urea groups is 1. The van der Waals surface area contributed by atoms with Crippen LogP contribution in [-0.2, 0) is 22.4 Å². The highest BCUT2D eigenvalue weighted by Gasteiger charge is 2.32. The number of imide groups is 1. The molecule has 1 heterocycles. The molecule has 2 aliphatic rings. The van der Waals surface area contributed by atoms with E-state index < -0.39 is 0 Å². The molecule has 0 saturated carbocycles. The molecule has 24 heavy (non-hydrogen) atoms. The van der Waals surface area contributed by atoms with Crippen LogP contribution in [0.2, 0.25) is 0 Å². The highest BCUT2D eigenvalue weighted by Crippen LogP contribution is 2.27. The summed E-state index contributed by atoms with van der Waals surface area (Å²) >= 11 is 0. The molecule has 1 aliphatic carbocycles. The Balaban J connectivity index is 1.52. The number of amides is 4. The number of aryl methyl sites for hydroxylation is 1. The highest BCUT2D eigenvalue weighted by molar-refractivity contribution is 6.01. The minimum atomic E-state index is -0.280. The first-order chi connectivity index (χ1) is 11.6. The zero-order valence-corrected chi connectivity index (χ0v) is 14.0. The van der Waals surface area contributed by atoms with Crippen LogP contribution in [0.1, 0.15) is 36.8 Å². The van der Waals surface area contributed by atoms with Gasteiger partial charge in [-0.05, 0) is 49.3 Å². The van der Waals surface area contributed by atoms with Crippen molar-refractivity contribution >= 4 is 23.5 Å². The smallest absolute Gasteiger partial charge is 0.326 e. The topological polar surface area (TPSA) is 69.7 Å². The Morgan fingerprint density at radius 2 is 2.00 bits per heavy atom. The van der Waals surface area contributed by atoms with Crippen LogP contribution in [0.4, 0.5) is 10.5 Å². The number of carbonyl (C=O) groups is 3. The number of nitrogens with one attached hydrogen (secondary N) is 1. The minimum absolute atomic E-state index is 0.0681. The molecular weight excluding hydrogens is 306 g/mol. The maximum atomic E-state index is 12.2. The van der Waals surface area contributed by atoms with Crippen LogP contribution in [0.5, 0.6) is 0 Å². The molecule has 1 aliphatic heterocycles. The van der Waals surface area contributed by atoms with Crippen LogP contribution in [0.25, 0.3) is 0 Å². The van der Waals surface area contributed by atoms with E-state index in [1.807, 2.05) is 12.1 Å². The lowest BCUT2D eigenvalue weighted by atomic mass is 9.90. The molecule has 128 valence electrons. The summed E-state index contributed by atoms with van der Waals surface area (Å²) in [5.41, 5.74) is 3.49. The van der Waals surface area contributed by atoms with Crippen LogP contribution >= 0.6 is 0 Å². The summed E-state index contributed by atoms with van der Waals surface area (Å²) in [6, 6.07) is 5.78. The van der Waals surface area contributed by atoms with Gasteiger partial charge in [0.15, 0.2) is 0 Å². The third kappa shape index (κ3) is 3.42. The molecule has 0 atom stereocenters. The van der Waals surface area contributed by atoms with Crippen LogP contribution in [0.3, 0.4) is 0 Å². The Morgan fingerprint density at radius 3 is 2.75 bits per heavy atom. The van der Waals surface area contributed by atoms with E-state index >= 15 is 0 Å². The van der Waals surface area contributed by atoms with Gasteiger partial charge in [0.05, 0.1) is 0 Å². The van der Waals surface area contributed by atoms with E-state index in [4.69, 9.17) is 0 Å². The fourth-order valence-corrected chi connectivity index (χ4v) is 3.40. The van der Waals surface area contributed by atoms with Crippen molar-refractivity contribution in [1.29, 1.82) is 0 Å². The standard InChI is InChI=1S/C18H23N3O3/c1-20-12-17(23)21(18(20)24)11-5-10-16(22)19-15-9-4-7-13-6-2-3-8-14(13)15/h4,7,9H,2-3,5-6,8,10-12H2,1H3,(H,19,22). The number of hydrogen-bond acceptors (Lipinski definition) is 3. The number of anilines is 1. The summed E-state index contributed by atoms with van der Waals surface area (Å²) in [5, 5.41) is 2.99. The highest BCUT2D eigenvalue weighted by atomic mass is 16.2. The average molecular weight is 329 g/mol. The van der Waals surface area contributed by atoms with Crippen LogP contribution in [0, 0.1) is 0 Å². The molecule has 1 aromatic rings. The van der Waals surface area contributed by atoms with Gasteiger partial charge in [-0.2, -0.15) is 0 Å². The normalized spacial score (nSPS) is 17.2. The van der Waals surface area contributed by atoms with Crippen molar-refractivity contribution < 1.29 is 14.4 Å². The maximum Gasteiger partial charge on any atom is 0.326 e. The molecule has 0 spiro atoms. The van der Waals surface area contributed by atoms with Gasteiger partial charge in [-0.1, -0.05) is 12.1 Å². The second-order valence-electron chi connectivity index (χ2n) is 6.49. The van der Waals surface area contributed by atoms with Crippen molar-refractivity contribution in [3.05, 3.63) is 29.3 Å². The van der Waals surface area contributed by atoms with Gasteiger partial charge in [0, 0.05) is 25.7 Å². The van der Waals surface area contributed by atoms with Gasteiger partial charge in [0.25, 0.3) is 0 Å². The average Bonchev–Trinajstić information content (AvgIpc) is 2.81. The second kappa shape index (κ2) is 7.03. The molecule has 6 heteroatoms. The molecule has 1 N–H and O–H groups in total. The first-order valence-electron chi connectivity index (χ1n) is 8.52. The molecule has 1 aromatic carbocycles. The molecule has 1 fully saturated rings. The van der Waals surface area contributed by atoms with Gasteiger partial charge in [0.2, 0.25) is 11.8 Å². The molecule has 0 unspecified atom stereocenters. The number of hydrogen-bond donors (Lipinski definition) is 1. The Bertz CT molecular complexity index is 671. The van der Waals surface area contributed by atoms with Gasteiger partial charge in [-0.25, -0.2) is 4.79 Å². The minimum Gasteiger partial charge on any atom is -0.326 e. The summed E-state index contributed by atoms with van der Waals surface area (Å²) in [6.07, 6.45) is 5.22. The Hall–Kier alpha value is -2.37. The number of fused-ring (bicyclic) bond motifs is 1. The molecule has 1 saturated heterocycles. The van der Waals surface area contributed by atoms with Gasteiger partial charge >= 0.3 is 6.03 Å². The van der Waals surface area contributed by atoms with E-state index in [9.17, 15) is 14.4 Å². The molecule has 4 amide bonds. The van der Waals surface area contributed by atoms with E-state index in [-0.39, 0.29) is 24.4 Å². The van der Waals surface area contributed by atoms with Crippen LogP contribution in [-0.4, -0.2) is 47.8 Å². The third-order valence-corrected chi connectivity index (χ3v) is 4.69. The Labute approximate surface area is 141 Å². The van der Waals surface area contributed by atoms with Crippen LogP contribution in [0.15, 0.2) is 18.2 Å². The van der Waals surface area contributed by atoms with Crippen LogP contribution < -0.4 is 5.32 Å². The maximum absolute atomic E-state index is 12.2. The van der Waals surface area contributed by atoms with Crippen molar-refractivity contribution in [2.45, 2.75) is 38.5 Å². The molecule has 3 rings (SSSR count). The summed E-state index contributed by atoms with van der Waals surface area (Å²) in [6.45, 7) is 0.420. The predicted molar refractivity (Wildman–Crippen MR) is 90.7 cm³/mol. The fourth-order valence-electron chi connectivity index (χ4n) is 3.40. The van der Waals surface area contributed by atoms with Crippen molar-refractivity contribution in [3.63, 3.8) is 0 Å². The van der Waals surface area contributed by atoms with E-state index in [2.05, 4.69) is 11.4 Å². The summed E-state index contributed by atoms with van der Waals surface area (Å²) < 4.78 is 0. The summed E-state index contributed by atoms with van der Waals surface area (Å²) in [4.78, 5) is 38.3. The van der Waals surface area contributed by atoms with Gasteiger partial charge in [-0.3, -0.25) is 14.5 Å². The monoisotopic (exact) mass is 329 g/mol. The van der Waals surface area contributed by atoms with Crippen molar-refractivity contribution in [2.24, 2.45) is 0 Å². The van der Waals surface area contributed by atoms with Crippen molar-refractivity contribution in [2.75, 3.05) is 25.5 Å².